The smallest absolute Gasteiger partial charge is 0.297 e. The van der Waals surface area contributed by atoms with Gasteiger partial charge in [-0.1, -0.05) is 48.7 Å². The minimum Gasteiger partial charge on any atom is -0.373 e. The molecule has 4 aliphatic rings. The molecule has 1 aliphatic carbocycles. The Morgan fingerprint density at radius 2 is 1.08 bits per heavy atom. The molecule has 10 nitrogen and oxygen atoms in total. The van der Waals surface area contributed by atoms with E-state index in [2.05, 4.69) is 0 Å². The lowest BCUT2D eigenvalue weighted by Gasteiger charge is -2.57. The molecular formula is C25H30O10S2. The summed E-state index contributed by atoms with van der Waals surface area (Å²) in [5.41, 5.74) is 1.77. The van der Waals surface area contributed by atoms with Crippen LogP contribution in [-0.2, 0) is 47.5 Å². The highest BCUT2D eigenvalue weighted by molar-refractivity contribution is 7.87. The third kappa shape index (κ3) is 5.34. The maximum Gasteiger partial charge on any atom is 0.297 e. The minimum absolute atomic E-state index is 0.0450. The average Bonchev–Trinajstić information content (AvgIpc) is 2.85. The van der Waals surface area contributed by atoms with Gasteiger partial charge in [0.1, 0.15) is 36.6 Å². The number of benzene rings is 2. The van der Waals surface area contributed by atoms with Gasteiger partial charge < -0.3 is 18.9 Å². The van der Waals surface area contributed by atoms with E-state index in [9.17, 15) is 16.8 Å². The van der Waals surface area contributed by atoms with Crippen molar-refractivity contribution in [3.63, 3.8) is 0 Å². The van der Waals surface area contributed by atoms with Crippen molar-refractivity contribution in [2.24, 2.45) is 0 Å². The van der Waals surface area contributed by atoms with E-state index in [0.29, 0.717) is 6.61 Å². The number of hydrogen-bond donors (Lipinski definition) is 0. The zero-order chi connectivity index (χ0) is 26.4. The summed E-state index contributed by atoms with van der Waals surface area (Å²) in [7, 11) is -8.51. The summed E-state index contributed by atoms with van der Waals surface area (Å²) in [6, 6.07) is 12.4. The van der Waals surface area contributed by atoms with E-state index >= 15 is 0 Å². The van der Waals surface area contributed by atoms with Crippen molar-refractivity contribution in [2.75, 3.05) is 6.61 Å². The second kappa shape index (κ2) is 10.3. The molecule has 4 fully saturated rings. The number of aryl methyl sites for hydroxylation is 2. The van der Waals surface area contributed by atoms with Gasteiger partial charge in [-0.15, -0.1) is 0 Å². The fraction of sp³-hybridized carbons (Fsp3) is 0.520. The van der Waals surface area contributed by atoms with Crippen LogP contribution in [0.4, 0.5) is 0 Å². The highest BCUT2D eigenvalue weighted by Crippen LogP contribution is 2.45. The largest absolute Gasteiger partial charge is 0.373 e. The number of unbranched alkanes of at least 4 members (excludes halogenated alkanes) is 1. The third-order valence-corrected chi connectivity index (χ3v) is 9.30. The molecule has 4 unspecified atom stereocenters. The van der Waals surface area contributed by atoms with Gasteiger partial charge in [0.05, 0.1) is 9.79 Å². The summed E-state index contributed by atoms with van der Waals surface area (Å²) in [6.45, 7) is 4.90. The third-order valence-electron chi connectivity index (χ3n) is 6.65. The molecule has 0 radical (unpaired) electrons. The molecule has 0 N–H and O–H groups in total. The Morgan fingerprint density at radius 3 is 1.49 bits per heavy atom. The first-order chi connectivity index (χ1) is 17.6. The van der Waals surface area contributed by atoms with E-state index < -0.39 is 63.3 Å². The number of hydrogen-bond acceptors (Lipinski definition) is 10. The van der Waals surface area contributed by atoms with Gasteiger partial charge in [-0.3, -0.25) is 8.37 Å². The van der Waals surface area contributed by atoms with Crippen LogP contribution in [0.25, 0.3) is 0 Å². The monoisotopic (exact) mass is 554 g/mol. The summed E-state index contributed by atoms with van der Waals surface area (Å²) in [4.78, 5) is -0.0901. The van der Waals surface area contributed by atoms with Gasteiger partial charge in [0.2, 0.25) is 0 Å². The normalized spacial score (nSPS) is 31.1. The fourth-order valence-electron chi connectivity index (χ4n) is 4.65. The molecule has 0 spiro atoms. The Labute approximate surface area is 217 Å². The maximum absolute atomic E-state index is 13.2. The standard InChI is InChI=1S/C25H30O10S2/c1-4-5-14-30-19-20-23(34-36(26,27)17-10-6-15(2)7-11-17)22-24(21(19)32-25(31-20)33-22)35-37(28,29)18-12-8-16(3)9-13-18/h6-13,19-25H,4-5,14H2,1-3H3. The second-order valence-electron chi connectivity index (χ2n) is 9.44. The highest BCUT2D eigenvalue weighted by Gasteiger charge is 2.65. The second-order valence-corrected chi connectivity index (χ2v) is 12.6. The van der Waals surface area contributed by atoms with Crippen LogP contribution in [0.5, 0.6) is 0 Å². The van der Waals surface area contributed by atoms with Gasteiger partial charge in [0, 0.05) is 6.61 Å². The van der Waals surface area contributed by atoms with Crippen LogP contribution in [-0.4, -0.2) is 66.5 Å². The maximum atomic E-state index is 13.2. The SMILES string of the molecule is CCCCOC1C2OC3OC1C(OS(=O)(=O)c1ccc(C)cc1)C(O3)C2OS(=O)(=O)c1ccc(C)cc1. The first kappa shape index (κ1) is 26.7. The molecule has 202 valence electrons. The average molecular weight is 555 g/mol. The lowest BCUT2D eigenvalue weighted by atomic mass is 9.82. The van der Waals surface area contributed by atoms with E-state index in [1.54, 1.807) is 24.3 Å². The van der Waals surface area contributed by atoms with Crippen molar-refractivity contribution < 1.29 is 44.1 Å². The van der Waals surface area contributed by atoms with Crippen molar-refractivity contribution in [3.8, 4) is 0 Å². The molecule has 4 bridgehead atoms. The topological polar surface area (TPSA) is 124 Å². The predicted octanol–water partition coefficient (Wildman–Crippen LogP) is 2.82. The molecule has 6 rings (SSSR count). The molecule has 12 heteroatoms. The molecule has 2 aromatic carbocycles. The molecule has 1 saturated carbocycles. The highest BCUT2D eigenvalue weighted by atomic mass is 32.2. The summed E-state index contributed by atoms with van der Waals surface area (Å²) < 4.78 is 87.4. The Bertz CT molecular complexity index is 1210. The molecule has 0 amide bonds. The fourth-order valence-corrected chi connectivity index (χ4v) is 6.84. The van der Waals surface area contributed by atoms with Crippen LogP contribution in [0, 0.1) is 13.8 Å². The molecule has 3 saturated heterocycles. The summed E-state index contributed by atoms with van der Waals surface area (Å²) in [6.07, 6.45) is -4.54. The molecule has 4 atom stereocenters. The molecule has 37 heavy (non-hydrogen) atoms. The Hall–Kier alpha value is -1.90. The molecular weight excluding hydrogens is 524 g/mol. The van der Waals surface area contributed by atoms with E-state index in [0.717, 1.165) is 24.0 Å². The summed E-state index contributed by atoms with van der Waals surface area (Å²) >= 11 is 0. The van der Waals surface area contributed by atoms with Crippen molar-refractivity contribution >= 4 is 20.2 Å². The van der Waals surface area contributed by atoms with Gasteiger partial charge in [-0.05, 0) is 44.5 Å². The van der Waals surface area contributed by atoms with Crippen LogP contribution in [0.15, 0.2) is 58.3 Å². The predicted molar refractivity (Wildman–Crippen MR) is 130 cm³/mol. The van der Waals surface area contributed by atoms with Gasteiger partial charge in [-0.2, -0.15) is 16.8 Å². The van der Waals surface area contributed by atoms with Crippen LogP contribution < -0.4 is 0 Å². The van der Waals surface area contributed by atoms with Crippen LogP contribution in [0.1, 0.15) is 30.9 Å². The minimum atomic E-state index is -4.26. The molecule has 2 aromatic rings. The Morgan fingerprint density at radius 1 is 0.676 bits per heavy atom. The zero-order valence-corrected chi connectivity index (χ0v) is 22.3. The molecule has 0 aromatic heterocycles. The lowest BCUT2D eigenvalue weighted by Crippen LogP contribution is -2.76. The lowest BCUT2D eigenvalue weighted by molar-refractivity contribution is -0.478. The van der Waals surface area contributed by atoms with E-state index in [1.807, 2.05) is 20.8 Å². The first-order valence-electron chi connectivity index (χ1n) is 12.2. The van der Waals surface area contributed by atoms with Gasteiger partial charge >= 0.3 is 0 Å². The number of ether oxygens (including phenoxy) is 4. The quantitative estimate of drug-likeness (QED) is 0.320. The molecule has 3 aliphatic heterocycles. The van der Waals surface area contributed by atoms with E-state index in [4.69, 9.17) is 27.3 Å². The van der Waals surface area contributed by atoms with Crippen molar-refractivity contribution in [3.05, 3.63) is 59.7 Å². The van der Waals surface area contributed by atoms with Crippen LogP contribution in [0.2, 0.25) is 0 Å². The van der Waals surface area contributed by atoms with Gasteiger partial charge in [0.15, 0.2) is 0 Å². The first-order valence-corrected chi connectivity index (χ1v) is 15.0. The van der Waals surface area contributed by atoms with E-state index in [1.165, 1.54) is 24.3 Å². The van der Waals surface area contributed by atoms with Crippen LogP contribution >= 0.6 is 0 Å². The van der Waals surface area contributed by atoms with Crippen molar-refractivity contribution in [1.29, 1.82) is 0 Å². The Kier molecular flexibility index (Phi) is 7.46. The number of rotatable bonds is 10. The van der Waals surface area contributed by atoms with Crippen molar-refractivity contribution in [1.82, 2.24) is 0 Å². The molecule has 3 heterocycles. The zero-order valence-electron chi connectivity index (χ0n) is 20.7. The van der Waals surface area contributed by atoms with Gasteiger partial charge in [-0.25, -0.2) is 0 Å². The summed E-state index contributed by atoms with van der Waals surface area (Å²) in [5, 5.41) is 0. The Balaban J connectivity index is 1.47. The van der Waals surface area contributed by atoms with Crippen molar-refractivity contribution in [2.45, 2.75) is 86.5 Å². The van der Waals surface area contributed by atoms with Crippen LogP contribution in [0.3, 0.4) is 0 Å². The van der Waals surface area contributed by atoms with Gasteiger partial charge in [0.25, 0.3) is 26.7 Å². The van der Waals surface area contributed by atoms with E-state index in [-0.39, 0.29) is 9.79 Å². The summed E-state index contributed by atoms with van der Waals surface area (Å²) in [5.74, 6) is 0.